The van der Waals surface area contributed by atoms with Crippen molar-refractivity contribution in [2.45, 2.75) is 33.4 Å². The number of rotatable bonds is 5. The second kappa shape index (κ2) is 6.34. The first kappa shape index (κ1) is 13.6. The van der Waals surface area contributed by atoms with Gasteiger partial charge in [-0.3, -0.25) is 0 Å². The summed E-state index contributed by atoms with van der Waals surface area (Å²) in [6.07, 6.45) is 1.85. The van der Waals surface area contributed by atoms with Gasteiger partial charge in [-0.05, 0) is 24.1 Å². The summed E-state index contributed by atoms with van der Waals surface area (Å²) in [5, 5.41) is 3.36. The van der Waals surface area contributed by atoms with Gasteiger partial charge in [0.1, 0.15) is 5.75 Å². The molecule has 0 unspecified atom stereocenters. The Hall–Kier alpha value is -1.87. The average Bonchev–Trinajstić information content (AvgIpc) is 2.40. The Morgan fingerprint density at radius 3 is 2.58 bits per heavy atom. The Balaban J connectivity index is 2.01. The molecular formula is C16H20N2O. The van der Waals surface area contributed by atoms with Gasteiger partial charge in [0.05, 0.1) is 0 Å². The maximum absolute atomic E-state index is 5.76. The molecule has 3 nitrogen and oxygen atoms in total. The number of nitrogens with zero attached hydrogens (tertiary/aromatic N) is 1. The predicted molar refractivity (Wildman–Crippen MR) is 77.5 cm³/mol. The van der Waals surface area contributed by atoms with Gasteiger partial charge in [-0.15, -0.1) is 0 Å². The first-order valence-corrected chi connectivity index (χ1v) is 6.57. The van der Waals surface area contributed by atoms with Crippen LogP contribution in [0.25, 0.3) is 0 Å². The van der Waals surface area contributed by atoms with E-state index in [9.17, 15) is 0 Å². The minimum absolute atomic E-state index is 0.475. The van der Waals surface area contributed by atoms with Crippen LogP contribution in [0.1, 0.15) is 25.0 Å². The van der Waals surface area contributed by atoms with Crippen LogP contribution in [0.4, 0.5) is 0 Å². The van der Waals surface area contributed by atoms with Crippen molar-refractivity contribution in [1.29, 1.82) is 0 Å². The normalized spacial score (nSPS) is 10.7. The number of para-hydroxylation sites is 1. The maximum atomic E-state index is 5.76. The molecule has 3 heteroatoms. The van der Waals surface area contributed by atoms with Crippen LogP contribution in [-0.2, 0) is 6.54 Å². The van der Waals surface area contributed by atoms with Gasteiger partial charge < -0.3 is 10.1 Å². The van der Waals surface area contributed by atoms with E-state index < -0.39 is 0 Å². The molecule has 19 heavy (non-hydrogen) atoms. The number of ether oxygens (including phenoxy) is 1. The summed E-state index contributed by atoms with van der Waals surface area (Å²) in [7, 11) is 0. The second-order valence-corrected chi connectivity index (χ2v) is 4.91. The number of aromatic nitrogens is 1. The standard InChI is InChI=1S/C16H20N2O/c1-12(2)17-10-14-8-9-16(18-11-14)19-15-7-5-4-6-13(15)3/h4-9,11-12,17H,10H2,1-3H3. The van der Waals surface area contributed by atoms with Crippen molar-refractivity contribution in [3.05, 3.63) is 53.7 Å². The fourth-order valence-corrected chi connectivity index (χ4v) is 1.68. The molecule has 0 aliphatic carbocycles. The molecule has 0 spiro atoms. The Kier molecular flexibility index (Phi) is 4.53. The highest BCUT2D eigenvalue weighted by Gasteiger charge is 2.02. The average molecular weight is 256 g/mol. The van der Waals surface area contributed by atoms with Gasteiger partial charge in [0.2, 0.25) is 5.88 Å². The molecule has 2 rings (SSSR count). The van der Waals surface area contributed by atoms with Crippen LogP contribution < -0.4 is 10.1 Å². The van der Waals surface area contributed by atoms with Gasteiger partial charge in [-0.25, -0.2) is 4.98 Å². The molecule has 0 amide bonds. The Morgan fingerprint density at radius 2 is 1.95 bits per heavy atom. The van der Waals surface area contributed by atoms with Crippen LogP contribution in [0, 0.1) is 6.92 Å². The van der Waals surface area contributed by atoms with Gasteiger partial charge in [-0.1, -0.05) is 38.1 Å². The van der Waals surface area contributed by atoms with Crippen molar-refractivity contribution in [3.63, 3.8) is 0 Å². The lowest BCUT2D eigenvalue weighted by Gasteiger charge is -2.09. The van der Waals surface area contributed by atoms with Crippen LogP contribution in [0.2, 0.25) is 0 Å². The summed E-state index contributed by atoms with van der Waals surface area (Å²) in [6.45, 7) is 7.11. The summed E-state index contributed by atoms with van der Waals surface area (Å²) in [5.74, 6) is 1.48. The Morgan fingerprint density at radius 1 is 1.16 bits per heavy atom. The van der Waals surface area contributed by atoms with Gasteiger partial charge in [0, 0.05) is 24.8 Å². The lowest BCUT2D eigenvalue weighted by Crippen LogP contribution is -2.21. The fourth-order valence-electron chi connectivity index (χ4n) is 1.68. The van der Waals surface area contributed by atoms with E-state index >= 15 is 0 Å². The highest BCUT2D eigenvalue weighted by molar-refractivity contribution is 5.35. The van der Waals surface area contributed by atoms with E-state index in [1.807, 2.05) is 49.5 Å². The third kappa shape index (κ3) is 4.07. The van der Waals surface area contributed by atoms with E-state index in [0.717, 1.165) is 23.4 Å². The first-order valence-electron chi connectivity index (χ1n) is 6.57. The monoisotopic (exact) mass is 256 g/mol. The Labute approximate surface area is 114 Å². The van der Waals surface area contributed by atoms with Gasteiger partial charge in [-0.2, -0.15) is 0 Å². The van der Waals surface area contributed by atoms with Gasteiger partial charge in [0.15, 0.2) is 0 Å². The van der Waals surface area contributed by atoms with Crippen molar-refractivity contribution in [2.24, 2.45) is 0 Å². The lowest BCUT2D eigenvalue weighted by molar-refractivity contribution is 0.458. The summed E-state index contributed by atoms with van der Waals surface area (Å²) in [6, 6.07) is 12.4. The number of aryl methyl sites for hydroxylation is 1. The van der Waals surface area contributed by atoms with Crippen molar-refractivity contribution in [1.82, 2.24) is 10.3 Å². The summed E-state index contributed by atoms with van der Waals surface area (Å²) < 4.78 is 5.76. The molecule has 0 bridgehead atoms. The zero-order valence-electron chi connectivity index (χ0n) is 11.7. The molecular weight excluding hydrogens is 236 g/mol. The van der Waals surface area contributed by atoms with Gasteiger partial charge >= 0.3 is 0 Å². The highest BCUT2D eigenvalue weighted by atomic mass is 16.5. The van der Waals surface area contributed by atoms with Crippen LogP contribution in [0.3, 0.4) is 0 Å². The molecule has 0 aliphatic rings. The fraction of sp³-hybridized carbons (Fsp3) is 0.312. The number of hydrogen-bond acceptors (Lipinski definition) is 3. The first-order chi connectivity index (χ1) is 9.15. The number of nitrogens with one attached hydrogen (secondary N) is 1. The van der Waals surface area contributed by atoms with Crippen LogP contribution in [-0.4, -0.2) is 11.0 Å². The van der Waals surface area contributed by atoms with E-state index in [4.69, 9.17) is 4.74 Å². The SMILES string of the molecule is Cc1ccccc1Oc1ccc(CNC(C)C)cn1. The topological polar surface area (TPSA) is 34.1 Å². The minimum atomic E-state index is 0.475. The lowest BCUT2D eigenvalue weighted by atomic mass is 10.2. The molecule has 0 saturated carbocycles. The van der Waals surface area contributed by atoms with Gasteiger partial charge in [0.25, 0.3) is 0 Å². The Bertz CT molecular complexity index is 521. The van der Waals surface area contributed by atoms with Crippen molar-refractivity contribution >= 4 is 0 Å². The van der Waals surface area contributed by atoms with E-state index in [1.165, 1.54) is 0 Å². The molecule has 0 aliphatic heterocycles. The van der Waals surface area contributed by atoms with Crippen LogP contribution >= 0.6 is 0 Å². The van der Waals surface area contributed by atoms with E-state index in [2.05, 4.69) is 24.1 Å². The quantitative estimate of drug-likeness (QED) is 0.886. The summed E-state index contributed by atoms with van der Waals surface area (Å²) in [4.78, 5) is 4.33. The summed E-state index contributed by atoms with van der Waals surface area (Å²) >= 11 is 0. The van der Waals surface area contributed by atoms with Crippen molar-refractivity contribution < 1.29 is 4.74 Å². The second-order valence-electron chi connectivity index (χ2n) is 4.91. The number of benzene rings is 1. The number of hydrogen-bond donors (Lipinski definition) is 1. The predicted octanol–water partition coefficient (Wildman–Crippen LogP) is 3.68. The summed E-state index contributed by atoms with van der Waals surface area (Å²) in [5.41, 5.74) is 2.26. The molecule has 0 atom stereocenters. The minimum Gasteiger partial charge on any atom is -0.439 e. The molecule has 1 heterocycles. The molecule has 1 N–H and O–H groups in total. The van der Waals surface area contributed by atoms with Crippen molar-refractivity contribution in [3.8, 4) is 11.6 Å². The van der Waals surface area contributed by atoms with E-state index in [1.54, 1.807) is 0 Å². The third-order valence-electron chi connectivity index (χ3n) is 2.82. The largest absolute Gasteiger partial charge is 0.439 e. The molecule has 1 aromatic carbocycles. The maximum Gasteiger partial charge on any atom is 0.219 e. The van der Waals surface area contributed by atoms with E-state index in [0.29, 0.717) is 11.9 Å². The molecule has 0 fully saturated rings. The van der Waals surface area contributed by atoms with E-state index in [-0.39, 0.29) is 0 Å². The van der Waals surface area contributed by atoms with Crippen molar-refractivity contribution in [2.75, 3.05) is 0 Å². The molecule has 100 valence electrons. The molecule has 2 aromatic rings. The third-order valence-corrected chi connectivity index (χ3v) is 2.82. The molecule has 0 radical (unpaired) electrons. The van der Waals surface area contributed by atoms with Crippen LogP contribution in [0.5, 0.6) is 11.6 Å². The zero-order valence-corrected chi connectivity index (χ0v) is 11.7. The molecule has 1 aromatic heterocycles. The zero-order chi connectivity index (χ0) is 13.7. The smallest absolute Gasteiger partial charge is 0.219 e. The molecule has 0 saturated heterocycles. The van der Waals surface area contributed by atoms with Crippen LogP contribution in [0.15, 0.2) is 42.6 Å². The highest BCUT2D eigenvalue weighted by Crippen LogP contribution is 2.22. The number of pyridine rings is 1.